The lowest BCUT2D eigenvalue weighted by molar-refractivity contribution is -0.121. The molecule has 0 saturated carbocycles. The summed E-state index contributed by atoms with van der Waals surface area (Å²) in [5.74, 6) is 0.0288. The first-order chi connectivity index (χ1) is 15.8. The Hall–Kier alpha value is -3.53. The molecule has 4 nitrogen and oxygen atoms in total. The van der Waals surface area contributed by atoms with E-state index in [1.807, 2.05) is 22.9 Å². The van der Waals surface area contributed by atoms with Crippen molar-refractivity contribution in [3.8, 4) is 11.1 Å². The molecule has 1 N–H and O–H groups in total. The van der Waals surface area contributed by atoms with Gasteiger partial charge in [-0.15, -0.1) is 0 Å². The van der Waals surface area contributed by atoms with Gasteiger partial charge in [0.05, 0.1) is 0 Å². The zero-order valence-electron chi connectivity index (χ0n) is 18.3. The zero-order valence-corrected chi connectivity index (χ0v) is 18.3. The van der Waals surface area contributed by atoms with E-state index >= 15 is 0 Å². The third-order valence-corrected chi connectivity index (χ3v) is 6.35. The van der Waals surface area contributed by atoms with Crippen LogP contribution >= 0.6 is 0 Å². The third-order valence-electron chi connectivity index (χ3n) is 6.35. The summed E-state index contributed by atoms with van der Waals surface area (Å²) >= 11 is 0. The molecule has 0 aliphatic carbocycles. The smallest absolute Gasteiger partial charge is 0.240 e. The molecule has 1 aliphatic heterocycles. The van der Waals surface area contributed by atoms with Crippen LogP contribution in [0.3, 0.4) is 0 Å². The van der Waals surface area contributed by atoms with Crippen LogP contribution in [0.4, 0.5) is 5.69 Å². The molecule has 1 fully saturated rings. The second-order valence-electron chi connectivity index (χ2n) is 8.51. The van der Waals surface area contributed by atoms with E-state index in [4.69, 9.17) is 0 Å². The molecule has 0 bridgehead atoms. The summed E-state index contributed by atoms with van der Waals surface area (Å²) in [6.07, 6.45) is 5.71. The summed E-state index contributed by atoms with van der Waals surface area (Å²) in [5.41, 5.74) is 6.00. The molecular weight excluding hydrogens is 394 g/mol. The molecule has 162 valence electrons. The number of aromatic nitrogens is 1. The topological polar surface area (TPSA) is 37.3 Å². The van der Waals surface area contributed by atoms with Gasteiger partial charge in [0.1, 0.15) is 6.54 Å². The molecule has 2 heterocycles. The second-order valence-corrected chi connectivity index (χ2v) is 8.51. The zero-order chi connectivity index (χ0) is 21.8. The lowest BCUT2D eigenvalue weighted by Crippen LogP contribution is -2.32. The number of fused-ring (bicyclic) bond motifs is 1. The number of nitrogens with zero attached hydrogens (tertiary/aromatic N) is 2. The number of hydrogen-bond donors (Lipinski definition) is 1. The van der Waals surface area contributed by atoms with Crippen LogP contribution in [0.2, 0.25) is 0 Å². The molecule has 32 heavy (non-hydrogen) atoms. The Balaban J connectivity index is 1.38. The van der Waals surface area contributed by atoms with Crippen molar-refractivity contribution in [2.24, 2.45) is 0 Å². The maximum absolute atomic E-state index is 12.8. The highest BCUT2D eigenvalue weighted by Crippen LogP contribution is 2.35. The first-order valence-corrected chi connectivity index (χ1v) is 11.5. The number of carbonyl (C=O) groups excluding carboxylic acids is 1. The van der Waals surface area contributed by atoms with Crippen LogP contribution in [0, 0.1) is 0 Å². The van der Waals surface area contributed by atoms with Gasteiger partial charge in [-0.25, -0.2) is 0 Å². The molecule has 4 heteroatoms. The number of rotatable bonds is 6. The molecule has 4 aromatic rings. The Labute approximate surface area is 189 Å². The standard InChI is InChI=1S/C28H29N3O/c32-27(21-31-19-16-23-12-5-6-15-26(23)31)29-20-24-13-9-14-25(22-10-3-1-4-11-22)28(24)30-17-7-2-8-18-30/h1,3-6,9-16,19H,2,7-8,17-18,20-21H2,(H,29,32). The average molecular weight is 424 g/mol. The van der Waals surface area contributed by atoms with Crippen molar-refractivity contribution in [1.82, 2.24) is 9.88 Å². The average Bonchev–Trinajstić information content (AvgIpc) is 3.26. The highest BCUT2D eigenvalue weighted by atomic mass is 16.1. The fourth-order valence-electron chi connectivity index (χ4n) is 4.76. The maximum Gasteiger partial charge on any atom is 0.240 e. The molecule has 0 atom stereocenters. The van der Waals surface area contributed by atoms with E-state index in [2.05, 4.69) is 76.9 Å². The van der Waals surface area contributed by atoms with Gasteiger partial charge in [-0.1, -0.05) is 66.7 Å². The highest BCUT2D eigenvalue weighted by molar-refractivity contribution is 5.84. The molecule has 3 aromatic carbocycles. The Kier molecular flexibility index (Phi) is 5.93. The summed E-state index contributed by atoms with van der Waals surface area (Å²) < 4.78 is 2.01. The minimum Gasteiger partial charge on any atom is -0.371 e. The van der Waals surface area contributed by atoms with Crippen molar-refractivity contribution in [2.75, 3.05) is 18.0 Å². The number of benzene rings is 3. The summed E-state index contributed by atoms with van der Waals surface area (Å²) in [7, 11) is 0. The van der Waals surface area contributed by atoms with Gasteiger partial charge in [-0.3, -0.25) is 4.79 Å². The van der Waals surface area contributed by atoms with Gasteiger partial charge in [-0.2, -0.15) is 0 Å². The maximum atomic E-state index is 12.8. The first kappa shape index (κ1) is 20.4. The van der Waals surface area contributed by atoms with E-state index in [0.29, 0.717) is 13.1 Å². The summed E-state index contributed by atoms with van der Waals surface area (Å²) in [6.45, 7) is 3.00. The lowest BCUT2D eigenvalue weighted by Gasteiger charge is -2.33. The summed E-state index contributed by atoms with van der Waals surface area (Å²) in [5, 5.41) is 4.33. The second kappa shape index (κ2) is 9.31. The summed E-state index contributed by atoms with van der Waals surface area (Å²) in [6, 6.07) is 27.3. The molecule has 0 spiro atoms. The number of para-hydroxylation sites is 2. The molecule has 0 unspecified atom stereocenters. The third kappa shape index (κ3) is 4.26. The number of amides is 1. The number of nitrogens with one attached hydrogen (secondary N) is 1. The minimum atomic E-state index is 0.0288. The van der Waals surface area contributed by atoms with Crippen molar-refractivity contribution in [3.63, 3.8) is 0 Å². The number of piperidine rings is 1. The van der Waals surface area contributed by atoms with Gasteiger partial charge in [0.2, 0.25) is 5.91 Å². The summed E-state index contributed by atoms with van der Waals surface area (Å²) in [4.78, 5) is 15.3. The van der Waals surface area contributed by atoms with Crippen molar-refractivity contribution in [3.05, 3.63) is 90.6 Å². The van der Waals surface area contributed by atoms with Crippen molar-refractivity contribution >= 4 is 22.5 Å². The van der Waals surface area contributed by atoms with Crippen LogP contribution in [0.25, 0.3) is 22.0 Å². The van der Waals surface area contributed by atoms with Crippen molar-refractivity contribution in [2.45, 2.75) is 32.4 Å². The van der Waals surface area contributed by atoms with Gasteiger partial charge in [0.15, 0.2) is 0 Å². The molecule has 1 amide bonds. The fraction of sp³-hybridized carbons (Fsp3) is 0.250. The Bertz CT molecular complexity index is 1210. The van der Waals surface area contributed by atoms with E-state index in [1.165, 1.54) is 41.6 Å². The van der Waals surface area contributed by atoms with E-state index < -0.39 is 0 Å². The number of hydrogen-bond acceptors (Lipinski definition) is 2. The molecule has 0 radical (unpaired) electrons. The van der Waals surface area contributed by atoms with E-state index in [1.54, 1.807) is 0 Å². The minimum absolute atomic E-state index is 0.0288. The largest absolute Gasteiger partial charge is 0.371 e. The van der Waals surface area contributed by atoms with Crippen molar-refractivity contribution < 1.29 is 4.79 Å². The van der Waals surface area contributed by atoms with Gasteiger partial charge in [-0.05, 0) is 47.9 Å². The molecule has 1 saturated heterocycles. The van der Waals surface area contributed by atoms with Gasteiger partial charge >= 0.3 is 0 Å². The van der Waals surface area contributed by atoms with E-state index in [9.17, 15) is 4.79 Å². The van der Waals surface area contributed by atoms with Crippen LogP contribution in [0.15, 0.2) is 85.1 Å². The van der Waals surface area contributed by atoms with Crippen molar-refractivity contribution in [1.29, 1.82) is 0 Å². The highest BCUT2D eigenvalue weighted by Gasteiger charge is 2.19. The Morgan fingerprint density at radius 1 is 0.812 bits per heavy atom. The van der Waals surface area contributed by atoms with E-state index in [-0.39, 0.29) is 5.91 Å². The van der Waals surface area contributed by atoms with Gasteiger partial charge in [0, 0.05) is 42.6 Å². The molecule has 1 aliphatic rings. The quantitative estimate of drug-likeness (QED) is 0.437. The van der Waals surface area contributed by atoms with E-state index in [0.717, 1.165) is 24.0 Å². The Morgan fingerprint density at radius 3 is 2.44 bits per heavy atom. The first-order valence-electron chi connectivity index (χ1n) is 11.5. The molecule has 5 rings (SSSR count). The SMILES string of the molecule is O=C(Cn1ccc2ccccc21)NCc1cccc(-c2ccccc2)c1N1CCCCC1. The monoisotopic (exact) mass is 423 g/mol. The van der Waals surface area contributed by atoms with Crippen LogP contribution in [-0.2, 0) is 17.9 Å². The number of carbonyl (C=O) groups is 1. The van der Waals surface area contributed by atoms with Crippen LogP contribution in [0.5, 0.6) is 0 Å². The number of anilines is 1. The normalized spacial score (nSPS) is 13.9. The Morgan fingerprint density at radius 2 is 1.59 bits per heavy atom. The van der Waals surface area contributed by atoms with Gasteiger partial charge in [0.25, 0.3) is 0 Å². The van der Waals surface area contributed by atoms with Crippen LogP contribution in [-0.4, -0.2) is 23.6 Å². The molecule has 1 aromatic heterocycles. The lowest BCUT2D eigenvalue weighted by atomic mass is 9.97. The van der Waals surface area contributed by atoms with Crippen LogP contribution < -0.4 is 10.2 Å². The predicted molar refractivity (Wildman–Crippen MR) is 132 cm³/mol. The fourth-order valence-corrected chi connectivity index (χ4v) is 4.76. The molecular formula is C28H29N3O. The predicted octanol–water partition coefficient (Wildman–Crippen LogP) is 5.62. The van der Waals surface area contributed by atoms with Crippen LogP contribution in [0.1, 0.15) is 24.8 Å². The van der Waals surface area contributed by atoms with Gasteiger partial charge < -0.3 is 14.8 Å².